The summed E-state index contributed by atoms with van der Waals surface area (Å²) in [4.78, 5) is 38.3. The number of aliphatic hydroxyl groups excluding tert-OH is 1. The van der Waals surface area contributed by atoms with Gasteiger partial charge in [0.2, 0.25) is 11.8 Å². The molecule has 0 aliphatic carbocycles. The molecule has 0 bridgehead atoms. The van der Waals surface area contributed by atoms with Crippen LogP contribution >= 0.6 is 0 Å². The molecule has 0 spiro atoms. The fourth-order valence-electron chi connectivity index (χ4n) is 4.01. The van der Waals surface area contributed by atoms with Crippen LogP contribution < -0.4 is 10.6 Å². The Balaban J connectivity index is 2.10. The smallest absolute Gasteiger partial charge is 0.309 e. The number of rotatable bonds is 17. The molecule has 2 rings (SSSR count). The number of benzene rings is 2. The van der Waals surface area contributed by atoms with E-state index in [1.807, 2.05) is 30.3 Å². The van der Waals surface area contributed by atoms with E-state index in [0.29, 0.717) is 19.3 Å². The first kappa shape index (κ1) is 30.4. The van der Waals surface area contributed by atoms with Crippen LogP contribution in [0.25, 0.3) is 0 Å². The summed E-state index contributed by atoms with van der Waals surface area (Å²) in [5, 5.41) is 14.4. The number of nitrogens with one attached hydrogen (secondary N) is 2. The SMILES string of the molecule is C=CC[C@@H](CC(=O)NCCO)C(=O)N[C@H](COC(=O)[C@@H](CC=C)Cc1ccc(F)cc1)Cc1ccccc1. The van der Waals surface area contributed by atoms with E-state index in [9.17, 15) is 18.8 Å². The fraction of sp³-hybridized carbons (Fsp3) is 0.367. The zero-order valence-electron chi connectivity index (χ0n) is 21.6. The van der Waals surface area contributed by atoms with Gasteiger partial charge in [-0.3, -0.25) is 14.4 Å². The summed E-state index contributed by atoms with van der Waals surface area (Å²) in [5.41, 5.74) is 1.75. The molecular formula is C30H37FN2O5. The highest BCUT2D eigenvalue weighted by Crippen LogP contribution is 2.17. The van der Waals surface area contributed by atoms with Gasteiger partial charge in [0.05, 0.1) is 24.5 Å². The van der Waals surface area contributed by atoms with Crippen LogP contribution in [0.5, 0.6) is 0 Å². The average molecular weight is 525 g/mol. The fourth-order valence-corrected chi connectivity index (χ4v) is 4.01. The van der Waals surface area contributed by atoms with Crippen LogP contribution in [0, 0.1) is 17.7 Å². The number of hydrogen-bond donors (Lipinski definition) is 3. The second-order valence-corrected chi connectivity index (χ2v) is 9.08. The molecule has 0 saturated carbocycles. The average Bonchev–Trinajstić information content (AvgIpc) is 2.91. The van der Waals surface area contributed by atoms with E-state index >= 15 is 0 Å². The predicted molar refractivity (Wildman–Crippen MR) is 144 cm³/mol. The second kappa shape index (κ2) is 16.9. The summed E-state index contributed by atoms with van der Waals surface area (Å²) in [7, 11) is 0. The minimum Gasteiger partial charge on any atom is -0.463 e. The zero-order valence-corrected chi connectivity index (χ0v) is 21.6. The molecule has 0 aromatic heterocycles. The van der Waals surface area contributed by atoms with Crippen molar-refractivity contribution in [3.63, 3.8) is 0 Å². The molecule has 0 fully saturated rings. The first-order chi connectivity index (χ1) is 18.4. The molecule has 204 valence electrons. The Morgan fingerprint density at radius 1 is 0.921 bits per heavy atom. The summed E-state index contributed by atoms with van der Waals surface area (Å²) in [5.74, 6) is -2.65. The number of amides is 2. The molecule has 0 unspecified atom stereocenters. The quantitative estimate of drug-likeness (QED) is 0.217. The highest BCUT2D eigenvalue weighted by atomic mass is 19.1. The Kier molecular flexibility index (Phi) is 13.5. The lowest BCUT2D eigenvalue weighted by Gasteiger charge is -2.23. The molecule has 0 aliphatic heterocycles. The molecule has 0 radical (unpaired) electrons. The number of carbonyl (C=O) groups is 3. The van der Waals surface area contributed by atoms with Gasteiger partial charge >= 0.3 is 5.97 Å². The molecule has 2 aromatic carbocycles. The van der Waals surface area contributed by atoms with Gasteiger partial charge < -0.3 is 20.5 Å². The summed E-state index contributed by atoms with van der Waals surface area (Å²) in [6.45, 7) is 7.27. The Morgan fingerprint density at radius 3 is 2.18 bits per heavy atom. The summed E-state index contributed by atoms with van der Waals surface area (Å²) >= 11 is 0. The van der Waals surface area contributed by atoms with E-state index < -0.39 is 23.8 Å². The molecule has 3 atom stereocenters. The number of allylic oxidation sites excluding steroid dienone is 2. The highest BCUT2D eigenvalue weighted by molar-refractivity contribution is 5.86. The molecule has 0 saturated heterocycles. The van der Waals surface area contributed by atoms with Crippen LogP contribution in [0.15, 0.2) is 79.9 Å². The van der Waals surface area contributed by atoms with Gasteiger partial charge in [-0.15, -0.1) is 13.2 Å². The van der Waals surface area contributed by atoms with Gasteiger partial charge in [-0.25, -0.2) is 4.39 Å². The molecule has 8 heteroatoms. The van der Waals surface area contributed by atoms with Gasteiger partial charge in [-0.2, -0.15) is 0 Å². The van der Waals surface area contributed by atoms with Crippen molar-refractivity contribution in [1.29, 1.82) is 0 Å². The number of carbonyl (C=O) groups excluding carboxylic acids is 3. The van der Waals surface area contributed by atoms with Crippen molar-refractivity contribution in [2.45, 2.75) is 38.1 Å². The Labute approximate surface area is 223 Å². The summed E-state index contributed by atoms with van der Waals surface area (Å²) < 4.78 is 18.9. The van der Waals surface area contributed by atoms with Gasteiger partial charge in [0, 0.05) is 13.0 Å². The number of ether oxygens (including phenoxy) is 1. The molecular weight excluding hydrogens is 487 g/mol. The molecule has 7 nitrogen and oxygen atoms in total. The maximum Gasteiger partial charge on any atom is 0.309 e. The lowest BCUT2D eigenvalue weighted by molar-refractivity contribution is -0.149. The predicted octanol–water partition coefficient (Wildman–Crippen LogP) is 3.52. The van der Waals surface area contributed by atoms with Crippen LogP contribution in [0.4, 0.5) is 4.39 Å². The standard InChI is InChI=1S/C30H37FN2O5/c1-3-8-24(20-28(35)32-16-17-34)29(36)33-27(19-22-10-6-5-7-11-22)21-38-30(37)25(9-4-2)18-23-12-14-26(31)15-13-23/h3-7,10-15,24-25,27,34H,1-2,8-9,16-21H2,(H,32,35)(H,33,36)/t24-,25-,27-/m0/s1. The second-order valence-electron chi connectivity index (χ2n) is 9.08. The molecule has 0 heterocycles. The monoisotopic (exact) mass is 524 g/mol. The Hall–Kier alpha value is -3.78. The van der Waals surface area contributed by atoms with Gasteiger partial charge in [-0.1, -0.05) is 54.6 Å². The van der Waals surface area contributed by atoms with Crippen molar-refractivity contribution in [3.8, 4) is 0 Å². The first-order valence-corrected chi connectivity index (χ1v) is 12.7. The van der Waals surface area contributed by atoms with E-state index in [0.717, 1.165) is 11.1 Å². The van der Waals surface area contributed by atoms with Crippen molar-refractivity contribution in [2.75, 3.05) is 19.8 Å². The van der Waals surface area contributed by atoms with Crippen molar-refractivity contribution >= 4 is 17.8 Å². The van der Waals surface area contributed by atoms with E-state index in [1.165, 1.54) is 12.1 Å². The van der Waals surface area contributed by atoms with Crippen LogP contribution in [0.2, 0.25) is 0 Å². The topological polar surface area (TPSA) is 105 Å². The largest absolute Gasteiger partial charge is 0.463 e. The third kappa shape index (κ3) is 11.1. The van der Waals surface area contributed by atoms with E-state index in [4.69, 9.17) is 9.84 Å². The maximum absolute atomic E-state index is 13.3. The van der Waals surface area contributed by atoms with Gasteiger partial charge in [0.1, 0.15) is 12.4 Å². The summed E-state index contributed by atoms with van der Waals surface area (Å²) in [6.07, 6.45) is 4.61. The normalized spacial score (nSPS) is 13.0. The molecule has 38 heavy (non-hydrogen) atoms. The number of hydrogen-bond acceptors (Lipinski definition) is 5. The maximum atomic E-state index is 13.3. The molecule has 2 aromatic rings. The van der Waals surface area contributed by atoms with Crippen LogP contribution in [-0.2, 0) is 32.0 Å². The molecule has 0 aliphatic rings. The van der Waals surface area contributed by atoms with E-state index in [-0.39, 0.29) is 50.2 Å². The lowest BCUT2D eigenvalue weighted by Crippen LogP contribution is -2.44. The van der Waals surface area contributed by atoms with Crippen LogP contribution in [0.1, 0.15) is 30.4 Å². The minimum atomic E-state index is -0.660. The highest BCUT2D eigenvalue weighted by Gasteiger charge is 2.26. The first-order valence-electron chi connectivity index (χ1n) is 12.7. The van der Waals surface area contributed by atoms with E-state index in [1.54, 1.807) is 24.3 Å². The van der Waals surface area contributed by atoms with Crippen LogP contribution in [-0.4, -0.2) is 48.7 Å². The third-order valence-corrected chi connectivity index (χ3v) is 5.97. The van der Waals surface area contributed by atoms with Gasteiger partial charge in [0.25, 0.3) is 0 Å². The number of aliphatic hydroxyl groups is 1. The lowest BCUT2D eigenvalue weighted by atomic mass is 9.96. The Bertz CT molecular complexity index is 1040. The van der Waals surface area contributed by atoms with Gasteiger partial charge in [0.15, 0.2) is 0 Å². The number of halogens is 1. The van der Waals surface area contributed by atoms with Crippen LogP contribution in [0.3, 0.4) is 0 Å². The van der Waals surface area contributed by atoms with Crippen molar-refractivity contribution in [1.82, 2.24) is 10.6 Å². The Morgan fingerprint density at radius 2 is 1.55 bits per heavy atom. The zero-order chi connectivity index (χ0) is 27.8. The molecule has 3 N–H and O–H groups in total. The van der Waals surface area contributed by atoms with Crippen molar-refractivity contribution in [3.05, 3.63) is 96.9 Å². The molecule has 2 amide bonds. The van der Waals surface area contributed by atoms with Crippen molar-refractivity contribution in [2.24, 2.45) is 11.8 Å². The number of esters is 1. The van der Waals surface area contributed by atoms with E-state index in [2.05, 4.69) is 23.8 Å². The van der Waals surface area contributed by atoms with Crippen molar-refractivity contribution < 1.29 is 28.6 Å². The minimum absolute atomic E-state index is 0.0607. The summed E-state index contributed by atoms with van der Waals surface area (Å²) in [6, 6.07) is 14.9. The van der Waals surface area contributed by atoms with Gasteiger partial charge in [-0.05, 0) is 48.9 Å². The third-order valence-electron chi connectivity index (χ3n) is 5.97.